The summed E-state index contributed by atoms with van der Waals surface area (Å²) < 4.78 is 0.255. The predicted molar refractivity (Wildman–Crippen MR) is 64.7 cm³/mol. The minimum absolute atomic E-state index is 0.255. The summed E-state index contributed by atoms with van der Waals surface area (Å²) in [5.41, 5.74) is 12.5. The van der Waals surface area contributed by atoms with Crippen LogP contribution in [0.4, 0.5) is 0 Å². The van der Waals surface area contributed by atoms with E-state index in [0.29, 0.717) is 0 Å². The molecule has 0 aliphatic rings. The highest BCUT2D eigenvalue weighted by atomic mass is 127. The maximum absolute atomic E-state index is 5.96. The van der Waals surface area contributed by atoms with Gasteiger partial charge in [0.2, 0.25) is 0 Å². The lowest BCUT2D eigenvalue weighted by Gasteiger charge is -2.27. The largest absolute Gasteiger partial charge is 0.312 e. The molecule has 0 aromatic heterocycles. The van der Waals surface area contributed by atoms with Crippen molar-refractivity contribution in [3.05, 3.63) is 35.9 Å². The molecule has 1 aromatic rings. The van der Waals surface area contributed by atoms with E-state index in [4.69, 9.17) is 11.5 Å². The Kier molecular flexibility index (Phi) is 3.70. The number of nitrogens with two attached hydrogens (primary N) is 2. The second-order valence-corrected chi connectivity index (χ2v) is 5.26. The lowest BCUT2D eigenvalue weighted by atomic mass is 9.99. The summed E-state index contributed by atoms with van der Waals surface area (Å²) in [5, 5.41) is 0. The second kappa shape index (κ2) is 4.39. The number of benzene rings is 1. The van der Waals surface area contributed by atoms with Crippen molar-refractivity contribution < 1.29 is 0 Å². The van der Waals surface area contributed by atoms with Crippen LogP contribution in [0.5, 0.6) is 0 Å². The van der Waals surface area contributed by atoms with Crippen LogP contribution in [0.15, 0.2) is 30.3 Å². The molecule has 4 N–H and O–H groups in total. The summed E-state index contributed by atoms with van der Waals surface area (Å²) >= 11 is 2.26. The molecule has 3 heteroatoms. The number of hydrogen-bond acceptors (Lipinski definition) is 2. The van der Waals surface area contributed by atoms with Gasteiger partial charge in [0.15, 0.2) is 0 Å². The average Bonchev–Trinajstić information content (AvgIpc) is 2.05. The van der Waals surface area contributed by atoms with Crippen molar-refractivity contribution in [1.82, 2.24) is 0 Å². The van der Waals surface area contributed by atoms with Gasteiger partial charge in [-0.1, -0.05) is 59.8 Å². The third-order valence-electron chi connectivity index (χ3n) is 2.09. The van der Waals surface area contributed by atoms with Crippen molar-refractivity contribution in [2.75, 3.05) is 0 Å². The normalized spacial score (nSPS) is 14.2. The highest BCUT2D eigenvalue weighted by molar-refractivity contribution is 14.1. The van der Waals surface area contributed by atoms with Crippen LogP contribution in [0.2, 0.25) is 0 Å². The quantitative estimate of drug-likeness (QED) is 0.505. The molecule has 1 aromatic carbocycles. The monoisotopic (exact) mass is 290 g/mol. The van der Waals surface area contributed by atoms with E-state index in [1.54, 1.807) is 0 Å². The number of halogens is 1. The molecule has 0 bridgehead atoms. The minimum atomic E-state index is -0.609. The first-order valence-corrected chi connectivity index (χ1v) is 5.53. The van der Waals surface area contributed by atoms with Crippen LogP contribution in [-0.4, -0.2) is 9.59 Å². The highest BCUT2D eigenvalue weighted by Gasteiger charge is 2.24. The molecule has 2 nitrogen and oxygen atoms in total. The molecule has 0 aliphatic carbocycles. The number of rotatable bonds is 3. The molecule has 0 saturated carbocycles. The maximum Gasteiger partial charge on any atom is 0.0795 e. The lowest BCUT2D eigenvalue weighted by Crippen LogP contribution is -2.57. The van der Waals surface area contributed by atoms with Crippen molar-refractivity contribution in [2.24, 2.45) is 11.5 Å². The summed E-state index contributed by atoms with van der Waals surface area (Å²) in [6, 6.07) is 10.1. The molecule has 1 atom stereocenters. The van der Waals surface area contributed by atoms with Crippen LogP contribution >= 0.6 is 22.6 Å². The fourth-order valence-electron chi connectivity index (χ4n) is 1.09. The van der Waals surface area contributed by atoms with Crippen LogP contribution in [0.1, 0.15) is 12.5 Å². The van der Waals surface area contributed by atoms with Gasteiger partial charge >= 0.3 is 0 Å². The molecule has 72 valence electrons. The molecule has 0 aliphatic heterocycles. The third kappa shape index (κ3) is 3.25. The Balaban J connectivity index is 2.69. The zero-order valence-corrected chi connectivity index (χ0v) is 9.86. The SMILES string of the molecule is CC(I)C(N)(N)Cc1ccccc1. The van der Waals surface area contributed by atoms with Crippen LogP contribution < -0.4 is 11.5 Å². The minimum Gasteiger partial charge on any atom is -0.312 e. The molecule has 13 heavy (non-hydrogen) atoms. The molecule has 0 fully saturated rings. The van der Waals surface area contributed by atoms with Gasteiger partial charge in [-0.2, -0.15) is 0 Å². The first-order chi connectivity index (χ1) is 6.02. The molecule has 0 amide bonds. The van der Waals surface area contributed by atoms with Gasteiger partial charge in [-0.15, -0.1) is 0 Å². The fourth-order valence-corrected chi connectivity index (χ4v) is 1.31. The molecule has 0 spiro atoms. The number of hydrogen-bond donors (Lipinski definition) is 2. The molecule has 1 unspecified atom stereocenters. The Bertz CT molecular complexity index is 257. The lowest BCUT2D eigenvalue weighted by molar-refractivity contribution is 0.447. The Morgan fingerprint density at radius 3 is 2.31 bits per heavy atom. The van der Waals surface area contributed by atoms with E-state index in [0.717, 1.165) is 6.42 Å². The van der Waals surface area contributed by atoms with Crippen LogP contribution in [0.25, 0.3) is 0 Å². The van der Waals surface area contributed by atoms with Gasteiger partial charge in [-0.05, 0) is 5.56 Å². The molecule has 0 radical (unpaired) electrons. The molecular weight excluding hydrogens is 275 g/mol. The van der Waals surface area contributed by atoms with Crippen molar-refractivity contribution in [3.63, 3.8) is 0 Å². The summed E-state index contributed by atoms with van der Waals surface area (Å²) in [4.78, 5) is 0. The fraction of sp³-hybridized carbons (Fsp3) is 0.400. The van der Waals surface area contributed by atoms with Gasteiger partial charge in [0.05, 0.1) is 5.66 Å². The summed E-state index contributed by atoms with van der Waals surface area (Å²) in [6.07, 6.45) is 0.720. The van der Waals surface area contributed by atoms with E-state index >= 15 is 0 Å². The molecule has 0 saturated heterocycles. The zero-order valence-electron chi connectivity index (χ0n) is 7.70. The standard InChI is InChI=1S/C10H15IN2/c1-8(11)10(12,13)7-9-5-3-2-4-6-9/h2-6,8H,7,12-13H2,1H3. The summed E-state index contributed by atoms with van der Waals surface area (Å²) in [6.45, 7) is 2.03. The van der Waals surface area contributed by atoms with E-state index in [1.807, 2.05) is 37.3 Å². The predicted octanol–water partition coefficient (Wildman–Crippen LogP) is 1.67. The first kappa shape index (κ1) is 10.9. The third-order valence-corrected chi connectivity index (χ3v) is 3.25. The van der Waals surface area contributed by atoms with E-state index in [9.17, 15) is 0 Å². The smallest absolute Gasteiger partial charge is 0.0795 e. The van der Waals surface area contributed by atoms with Gasteiger partial charge in [0.1, 0.15) is 0 Å². The summed E-state index contributed by atoms with van der Waals surface area (Å²) in [7, 11) is 0. The van der Waals surface area contributed by atoms with Crippen molar-refractivity contribution >= 4 is 22.6 Å². The van der Waals surface area contributed by atoms with Crippen LogP contribution in [0, 0.1) is 0 Å². The van der Waals surface area contributed by atoms with Crippen molar-refractivity contribution in [3.8, 4) is 0 Å². The molecular formula is C10H15IN2. The topological polar surface area (TPSA) is 52.0 Å². The first-order valence-electron chi connectivity index (χ1n) is 4.28. The Labute approximate surface area is 92.8 Å². The van der Waals surface area contributed by atoms with Gasteiger partial charge < -0.3 is 11.5 Å². The van der Waals surface area contributed by atoms with Crippen LogP contribution in [0.3, 0.4) is 0 Å². The van der Waals surface area contributed by atoms with Gasteiger partial charge in [-0.3, -0.25) is 0 Å². The number of alkyl halides is 1. The van der Waals surface area contributed by atoms with Gasteiger partial charge in [0.25, 0.3) is 0 Å². The summed E-state index contributed by atoms with van der Waals surface area (Å²) in [5.74, 6) is 0. The van der Waals surface area contributed by atoms with E-state index < -0.39 is 5.66 Å². The van der Waals surface area contributed by atoms with E-state index in [1.165, 1.54) is 5.56 Å². The van der Waals surface area contributed by atoms with Crippen molar-refractivity contribution in [1.29, 1.82) is 0 Å². The van der Waals surface area contributed by atoms with E-state index in [2.05, 4.69) is 22.6 Å². The maximum atomic E-state index is 5.96. The zero-order chi connectivity index (χ0) is 9.90. The highest BCUT2D eigenvalue weighted by Crippen LogP contribution is 2.15. The Morgan fingerprint density at radius 2 is 1.85 bits per heavy atom. The Hall–Kier alpha value is -0.130. The second-order valence-electron chi connectivity index (χ2n) is 3.39. The van der Waals surface area contributed by atoms with Gasteiger partial charge in [-0.25, -0.2) is 0 Å². The average molecular weight is 290 g/mol. The Morgan fingerprint density at radius 1 is 1.31 bits per heavy atom. The molecule has 1 rings (SSSR count). The van der Waals surface area contributed by atoms with Gasteiger partial charge in [0, 0.05) is 10.3 Å². The van der Waals surface area contributed by atoms with Crippen LogP contribution in [-0.2, 0) is 6.42 Å². The van der Waals surface area contributed by atoms with Crippen molar-refractivity contribution in [2.45, 2.75) is 22.9 Å². The molecule has 0 heterocycles. The van der Waals surface area contributed by atoms with E-state index in [-0.39, 0.29) is 3.92 Å².